The summed E-state index contributed by atoms with van der Waals surface area (Å²) in [6, 6.07) is 11.8. The van der Waals surface area contributed by atoms with Crippen LogP contribution < -0.4 is 10.1 Å². The molecule has 1 amide bonds. The Balaban J connectivity index is 1.83. The lowest BCUT2D eigenvalue weighted by Gasteiger charge is -2.08. The van der Waals surface area contributed by atoms with E-state index in [1.165, 1.54) is 36.4 Å². The number of nitrogens with one attached hydrogen (secondary N) is 1. The Morgan fingerprint density at radius 3 is 2.36 bits per heavy atom. The molecule has 0 bridgehead atoms. The van der Waals surface area contributed by atoms with Crippen LogP contribution in [0.5, 0.6) is 5.75 Å². The molecular weight excluding hydrogens is 368 g/mol. The molecule has 0 radical (unpaired) electrons. The fourth-order valence-corrected chi connectivity index (χ4v) is 2.13. The van der Waals surface area contributed by atoms with E-state index in [2.05, 4.69) is 5.32 Å². The van der Waals surface area contributed by atoms with E-state index in [4.69, 9.17) is 9.47 Å². The molecule has 0 aromatic heterocycles. The standard InChI is InChI=1S/C19H18N2O7/c1-2-18(23)20-14-9-7-13(8-10-14)16(22)11-28-19(24)12-27-17-6-4-3-5-15(17)21(25)26/h3-10H,2,11-12H2,1H3,(H,20,23). The average molecular weight is 386 g/mol. The van der Waals surface area contributed by atoms with Crippen LogP contribution in [0.3, 0.4) is 0 Å². The number of ether oxygens (including phenoxy) is 2. The van der Waals surface area contributed by atoms with Crippen LogP contribution in [0.15, 0.2) is 48.5 Å². The Labute approximate surface area is 160 Å². The predicted octanol–water partition coefficient (Wildman–Crippen LogP) is 2.75. The van der Waals surface area contributed by atoms with Crippen molar-refractivity contribution >= 4 is 29.0 Å². The Hall–Kier alpha value is -3.75. The van der Waals surface area contributed by atoms with Crippen molar-refractivity contribution in [2.45, 2.75) is 13.3 Å². The van der Waals surface area contributed by atoms with Gasteiger partial charge in [0.05, 0.1) is 4.92 Å². The molecule has 2 rings (SSSR count). The Kier molecular flexibility index (Phi) is 7.21. The minimum atomic E-state index is -0.835. The second-order valence-corrected chi connectivity index (χ2v) is 5.58. The van der Waals surface area contributed by atoms with Crippen molar-refractivity contribution in [2.75, 3.05) is 18.5 Å². The number of anilines is 1. The lowest BCUT2D eigenvalue weighted by molar-refractivity contribution is -0.385. The predicted molar refractivity (Wildman–Crippen MR) is 99.2 cm³/mol. The van der Waals surface area contributed by atoms with Gasteiger partial charge in [0, 0.05) is 23.7 Å². The fraction of sp³-hybridized carbons (Fsp3) is 0.211. The molecule has 146 valence electrons. The Bertz CT molecular complexity index is 878. The van der Waals surface area contributed by atoms with Gasteiger partial charge in [-0.1, -0.05) is 19.1 Å². The largest absolute Gasteiger partial charge is 0.475 e. The number of carbonyl (C=O) groups is 3. The monoisotopic (exact) mass is 386 g/mol. The van der Waals surface area contributed by atoms with Gasteiger partial charge in [-0.2, -0.15) is 0 Å². The van der Waals surface area contributed by atoms with Gasteiger partial charge in [-0.25, -0.2) is 4.79 Å². The van der Waals surface area contributed by atoms with E-state index >= 15 is 0 Å². The molecule has 2 aromatic rings. The zero-order valence-electron chi connectivity index (χ0n) is 15.0. The van der Waals surface area contributed by atoms with E-state index in [0.717, 1.165) is 0 Å². The number of carbonyl (C=O) groups excluding carboxylic acids is 3. The highest BCUT2D eigenvalue weighted by Crippen LogP contribution is 2.25. The fourth-order valence-electron chi connectivity index (χ4n) is 2.13. The molecule has 0 heterocycles. The van der Waals surface area contributed by atoms with Crippen molar-refractivity contribution in [2.24, 2.45) is 0 Å². The second kappa shape index (κ2) is 9.81. The van der Waals surface area contributed by atoms with Crippen LogP contribution in [0.4, 0.5) is 11.4 Å². The summed E-state index contributed by atoms with van der Waals surface area (Å²) in [5.41, 5.74) is 0.585. The number of nitrogens with zero attached hydrogens (tertiary/aromatic N) is 1. The maximum absolute atomic E-state index is 12.1. The van der Waals surface area contributed by atoms with Crippen molar-refractivity contribution in [3.05, 3.63) is 64.2 Å². The third-order valence-electron chi connectivity index (χ3n) is 3.58. The third kappa shape index (κ3) is 5.90. The molecule has 9 heteroatoms. The Morgan fingerprint density at radius 1 is 1.04 bits per heavy atom. The van der Waals surface area contributed by atoms with Gasteiger partial charge in [0.1, 0.15) is 0 Å². The first-order valence-electron chi connectivity index (χ1n) is 8.35. The molecule has 0 unspecified atom stereocenters. The number of esters is 1. The minimum absolute atomic E-state index is 0.0690. The number of amides is 1. The molecule has 2 aromatic carbocycles. The summed E-state index contributed by atoms with van der Waals surface area (Å²) in [6.45, 7) is 0.654. The van der Waals surface area contributed by atoms with E-state index in [1.54, 1.807) is 19.1 Å². The van der Waals surface area contributed by atoms with Crippen molar-refractivity contribution < 1.29 is 28.8 Å². The van der Waals surface area contributed by atoms with Gasteiger partial charge in [-0.15, -0.1) is 0 Å². The molecule has 0 aliphatic carbocycles. The first-order chi connectivity index (χ1) is 13.4. The summed E-state index contributed by atoms with van der Waals surface area (Å²) in [5.74, 6) is -1.49. The molecular formula is C19H18N2O7. The van der Waals surface area contributed by atoms with Gasteiger partial charge in [-0.05, 0) is 30.3 Å². The third-order valence-corrected chi connectivity index (χ3v) is 3.58. The van der Waals surface area contributed by atoms with Crippen LogP contribution in [-0.2, 0) is 14.3 Å². The molecule has 0 saturated heterocycles. The molecule has 9 nitrogen and oxygen atoms in total. The topological polar surface area (TPSA) is 125 Å². The number of hydrogen-bond acceptors (Lipinski definition) is 7. The number of para-hydroxylation sites is 2. The zero-order chi connectivity index (χ0) is 20.5. The normalized spacial score (nSPS) is 10.0. The van der Waals surface area contributed by atoms with Gasteiger partial charge >= 0.3 is 11.7 Å². The van der Waals surface area contributed by atoms with Crippen LogP contribution in [-0.4, -0.2) is 35.8 Å². The van der Waals surface area contributed by atoms with Crippen molar-refractivity contribution in [3.63, 3.8) is 0 Å². The van der Waals surface area contributed by atoms with Crippen molar-refractivity contribution in [1.29, 1.82) is 0 Å². The summed E-state index contributed by atoms with van der Waals surface area (Å²) < 4.78 is 9.93. The van der Waals surface area contributed by atoms with E-state index in [1.807, 2.05) is 0 Å². The van der Waals surface area contributed by atoms with E-state index in [9.17, 15) is 24.5 Å². The van der Waals surface area contributed by atoms with Gasteiger partial charge in [0.2, 0.25) is 5.91 Å². The van der Waals surface area contributed by atoms with Crippen LogP contribution in [0, 0.1) is 10.1 Å². The number of benzene rings is 2. The zero-order valence-corrected chi connectivity index (χ0v) is 15.0. The van der Waals surface area contributed by atoms with E-state index in [0.29, 0.717) is 17.7 Å². The highest BCUT2D eigenvalue weighted by atomic mass is 16.6. The molecule has 1 N–H and O–H groups in total. The highest BCUT2D eigenvalue weighted by molar-refractivity contribution is 5.98. The molecule has 28 heavy (non-hydrogen) atoms. The molecule has 0 aliphatic heterocycles. The Morgan fingerprint density at radius 2 is 1.71 bits per heavy atom. The summed E-state index contributed by atoms with van der Waals surface area (Å²) in [6.07, 6.45) is 0.338. The molecule has 0 spiro atoms. The van der Waals surface area contributed by atoms with Crippen molar-refractivity contribution in [3.8, 4) is 5.75 Å². The van der Waals surface area contributed by atoms with Gasteiger partial charge in [0.25, 0.3) is 0 Å². The SMILES string of the molecule is CCC(=O)Nc1ccc(C(=O)COC(=O)COc2ccccc2[N+](=O)[O-])cc1. The van der Waals surface area contributed by atoms with Gasteiger partial charge in [-0.3, -0.25) is 19.7 Å². The average Bonchev–Trinajstić information content (AvgIpc) is 2.71. The molecule has 0 saturated carbocycles. The van der Waals surface area contributed by atoms with Crippen LogP contribution in [0.25, 0.3) is 0 Å². The lowest BCUT2D eigenvalue weighted by atomic mass is 10.1. The number of hydrogen-bond donors (Lipinski definition) is 1. The second-order valence-electron chi connectivity index (χ2n) is 5.58. The van der Waals surface area contributed by atoms with Gasteiger partial charge < -0.3 is 14.8 Å². The van der Waals surface area contributed by atoms with E-state index < -0.39 is 29.9 Å². The number of nitro groups is 1. The number of nitro benzene ring substituents is 1. The summed E-state index contributed by atoms with van der Waals surface area (Å²) >= 11 is 0. The highest BCUT2D eigenvalue weighted by Gasteiger charge is 2.16. The summed E-state index contributed by atoms with van der Waals surface area (Å²) in [7, 11) is 0. The lowest BCUT2D eigenvalue weighted by Crippen LogP contribution is -2.19. The quantitative estimate of drug-likeness (QED) is 0.304. The minimum Gasteiger partial charge on any atom is -0.475 e. The van der Waals surface area contributed by atoms with Gasteiger partial charge in [0.15, 0.2) is 24.7 Å². The molecule has 0 aliphatic rings. The first-order valence-corrected chi connectivity index (χ1v) is 8.35. The first kappa shape index (κ1) is 20.6. The summed E-state index contributed by atoms with van der Waals surface area (Å²) in [5, 5.41) is 13.5. The maximum Gasteiger partial charge on any atom is 0.344 e. The number of ketones is 1. The maximum atomic E-state index is 12.1. The smallest absolute Gasteiger partial charge is 0.344 e. The van der Waals surface area contributed by atoms with Crippen LogP contribution >= 0.6 is 0 Å². The molecule has 0 atom stereocenters. The number of rotatable bonds is 9. The van der Waals surface area contributed by atoms with Crippen LogP contribution in [0.2, 0.25) is 0 Å². The van der Waals surface area contributed by atoms with Crippen LogP contribution in [0.1, 0.15) is 23.7 Å². The number of Topliss-reactive ketones (excluding diaryl/α,β-unsaturated/α-hetero) is 1. The molecule has 0 fully saturated rings. The van der Waals surface area contributed by atoms with Crippen molar-refractivity contribution in [1.82, 2.24) is 0 Å². The summed E-state index contributed by atoms with van der Waals surface area (Å²) in [4.78, 5) is 45.4. The van der Waals surface area contributed by atoms with E-state index in [-0.39, 0.29) is 17.3 Å².